The van der Waals surface area contributed by atoms with Gasteiger partial charge in [0.05, 0.1) is 0 Å². The molecule has 0 radical (unpaired) electrons. The summed E-state index contributed by atoms with van der Waals surface area (Å²) in [5.74, 6) is -10.9. The first kappa shape index (κ1) is 43.0. The highest BCUT2D eigenvalue weighted by Crippen LogP contribution is 2.18. The maximum atomic E-state index is 9.10. The molecule has 4 heterocycles. The van der Waals surface area contributed by atoms with E-state index < -0.39 is 35.8 Å². The molecular weight excluding hydrogens is 568 g/mol. The maximum absolute atomic E-state index is 9.10. The number of carbonyl (C=O) groups is 6. The first-order valence-corrected chi connectivity index (χ1v) is 13.1. The van der Waals surface area contributed by atoms with Gasteiger partial charge < -0.3 is 52.2 Å². The van der Waals surface area contributed by atoms with Gasteiger partial charge in [-0.15, -0.1) is 0 Å². The minimum Gasteiger partial charge on any atom is -0.473 e. The normalized spacial score (nSPS) is 21.1. The second kappa shape index (κ2) is 25.3. The average Bonchev–Trinajstić information content (AvgIpc) is 3.30. The standard InChI is InChI=1S/2C9H18N2.3C2H2O4.2H2O/c2*1-2-4-9-8-10-5-7-11(9)6-3-1;3*3-1(4)2(5)6;;/h2*9-10H,1-8H2;3*(H,3,4)(H,5,6);2*1H2. The van der Waals surface area contributed by atoms with Crippen LogP contribution < -0.4 is 10.6 Å². The summed E-state index contributed by atoms with van der Waals surface area (Å²) < 4.78 is 0. The summed E-state index contributed by atoms with van der Waals surface area (Å²) in [4.78, 5) is 59.9. The van der Waals surface area contributed by atoms with Crippen molar-refractivity contribution in [1.82, 2.24) is 20.4 Å². The van der Waals surface area contributed by atoms with Crippen LogP contribution in [0.5, 0.6) is 0 Å². The molecule has 4 aliphatic heterocycles. The Balaban J connectivity index is -0.000000464. The second-order valence-corrected chi connectivity index (χ2v) is 9.32. The molecule has 12 N–H and O–H groups in total. The third kappa shape index (κ3) is 21.3. The van der Waals surface area contributed by atoms with Gasteiger partial charge >= 0.3 is 35.8 Å². The minimum atomic E-state index is -1.82. The van der Waals surface area contributed by atoms with Gasteiger partial charge in [0.15, 0.2) is 0 Å². The van der Waals surface area contributed by atoms with Crippen LogP contribution in [0.3, 0.4) is 0 Å². The number of carboxylic acid groups (broad SMARTS) is 6. The molecule has 0 amide bonds. The number of carboxylic acids is 6. The molecule has 4 rings (SSSR count). The first-order chi connectivity index (χ1) is 18.9. The summed E-state index contributed by atoms with van der Waals surface area (Å²) in [5, 5.41) is 51.3. The fourth-order valence-electron chi connectivity index (χ4n) is 4.51. The number of piperazine rings is 2. The van der Waals surface area contributed by atoms with Crippen molar-refractivity contribution in [1.29, 1.82) is 0 Å². The van der Waals surface area contributed by atoms with E-state index in [1.54, 1.807) is 0 Å². The van der Waals surface area contributed by atoms with E-state index in [4.69, 9.17) is 59.4 Å². The van der Waals surface area contributed by atoms with Gasteiger partial charge in [-0.25, -0.2) is 28.8 Å². The molecule has 0 bridgehead atoms. The van der Waals surface area contributed by atoms with Crippen molar-refractivity contribution < 1.29 is 70.4 Å². The lowest BCUT2D eigenvalue weighted by molar-refractivity contribution is -0.159. The highest BCUT2D eigenvalue weighted by atomic mass is 16.5. The van der Waals surface area contributed by atoms with Crippen LogP contribution in [0, 0.1) is 0 Å². The van der Waals surface area contributed by atoms with Crippen LogP contribution >= 0.6 is 0 Å². The molecule has 0 aromatic carbocycles. The quantitative estimate of drug-likeness (QED) is 0.131. The number of hydrogen-bond donors (Lipinski definition) is 8. The van der Waals surface area contributed by atoms with Crippen LogP contribution in [0.15, 0.2) is 0 Å². The van der Waals surface area contributed by atoms with Crippen LogP contribution in [-0.4, -0.2) is 152 Å². The Morgan fingerprint density at radius 2 is 0.738 bits per heavy atom. The molecule has 42 heavy (non-hydrogen) atoms. The van der Waals surface area contributed by atoms with E-state index in [1.807, 2.05) is 0 Å². The fourth-order valence-corrected chi connectivity index (χ4v) is 4.51. The Bertz CT molecular complexity index is 678. The van der Waals surface area contributed by atoms with Crippen LogP contribution in [0.1, 0.15) is 51.4 Å². The van der Waals surface area contributed by atoms with Gasteiger partial charge in [-0.05, 0) is 38.8 Å². The third-order valence-corrected chi connectivity index (χ3v) is 6.46. The van der Waals surface area contributed by atoms with Gasteiger partial charge in [-0.1, -0.05) is 25.7 Å². The lowest BCUT2D eigenvalue weighted by atomic mass is 10.1. The molecule has 0 aliphatic carbocycles. The van der Waals surface area contributed by atoms with Gasteiger partial charge in [-0.2, -0.15) is 0 Å². The molecule has 0 aromatic rings. The van der Waals surface area contributed by atoms with E-state index in [-0.39, 0.29) is 11.0 Å². The van der Waals surface area contributed by atoms with Crippen molar-refractivity contribution in [2.24, 2.45) is 0 Å². The Labute approximate surface area is 242 Å². The summed E-state index contributed by atoms with van der Waals surface area (Å²) in [6.45, 7) is 10.2. The number of aliphatic carboxylic acids is 6. The van der Waals surface area contributed by atoms with Crippen molar-refractivity contribution in [3.8, 4) is 0 Å². The van der Waals surface area contributed by atoms with Gasteiger partial charge in [0.1, 0.15) is 0 Å². The number of nitrogens with one attached hydrogen (secondary N) is 2. The van der Waals surface area contributed by atoms with E-state index in [9.17, 15) is 0 Å². The van der Waals surface area contributed by atoms with Crippen molar-refractivity contribution in [2.45, 2.75) is 63.5 Å². The van der Waals surface area contributed by atoms with Crippen molar-refractivity contribution >= 4 is 35.8 Å². The summed E-state index contributed by atoms with van der Waals surface area (Å²) >= 11 is 0. The molecular formula is C24H46N4O14. The zero-order chi connectivity index (χ0) is 30.5. The van der Waals surface area contributed by atoms with E-state index in [2.05, 4.69) is 20.4 Å². The van der Waals surface area contributed by atoms with Crippen LogP contribution in [-0.2, 0) is 28.8 Å². The Morgan fingerprint density at radius 3 is 1.00 bits per heavy atom. The molecule has 2 atom stereocenters. The second-order valence-electron chi connectivity index (χ2n) is 9.32. The smallest absolute Gasteiger partial charge is 0.414 e. The van der Waals surface area contributed by atoms with Gasteiger partial charge in [-0.3, -0.25) is 9.80 Å². The van der Waals surface area contributed by atoms with Gasteiger partial charge in [0.25, 0.3) is 0 Å². The lowest BCUT2D eigenvalue weighted by Crippen LogP contribution is -2.50. The van der Waals surface area contributed by atoms with Gasteiger partial charge in [0, 0.05) is 51.4 Å². The Kier molecular flexibility index (Phi) is 25.9. The van der Waals surface area contributed by atoms with E-state index in [0.29, 0.717) is 0 Å². The highest BCUT2D eigenvalue weighted by molar-refractivity contribution is 6.28. The maximum Gasteiger partial charge on any atom is 0.414 e. The van der Waals surface area contributed by atoms with Crippen molar-refractivity contribution in [2.75, 3.05) is 52.4 Å². The SMILES string of the molecule is C1CCC2CNCCN2CC1.C1CCC2CNCCN2CC1.O.O.O=C(O)C(=O)O.O=C(O)C(=O)O.O=C(O)C(=O)O. The van der Waals surface area contributed by atoms with E-state index >= 15 is 0 Å². The van der Waals surface area contributed by atoms with E-state index in [0.717, 1.165) is 12.1 Å². The predicted octanol–water partition coefficient (Wildman–Crippen LogP) is -2.51. The minimum absolute atomic E-state index is 0. The van der Waals surface area contributed by atoms with Crippen LogP contribution in [0.25, 0.3) is 0 Å². The third-order valence-electron chi connectivity index (χ3n) is 6.46. The molecule has 2 unspecified atom stereocenters. The average molecular weight is 615 g/mol. The fraction of sp³-hybridized carbons (Fsp3) is 0.750. The van der Waals surface area contributed by atoms with E-state index in [1.165, 1.54) is 104 Å². The molecule has 4 fully saturated rings. The zero-order valence-corrected chi connectivity index (χ0v) is 23.5. The molecule has 246 valence electrons. The number of nitrogens with zero attached hydrogens (tertiary/aromatic N) is 2. The number of hydrogen-bond acceptors (Lipinski definition) is 10. The van der Waals surface area contributed by atoms with Crippen molar-refractivity contribution in [3.05, 3.63) is 0 Å². The summed E-state index contributed by atoms with van der Waals surface area (Å²) in [6.07, 6.45) is 11.5. The molecule has 4 saturated heterocycles. The predicted molar refractivity (Wildman–Crippen MR) is 146 cm³/mol. The molecule has 0 saturated carbocycles. The summed E-state index contributed by atoms with van der Waals surface area (Å²) in [5.41, 5.74) is 0. The Morgan fingerprint density at radius 1 is 0.452 bits per heavy atom. The summed E-state index contributed by atoms with van der Waals surface area (Å²) in [6, 6.07) is 1.73. The zero-order valence-electron chi connectivity index (χ0n) is 23.5. The monoisotopic (exact) mass is 614 g/mol. The van der Waals surface area contributed by atoms with Crippen LogP contribution in [0.4, 0.5) is 0 Å². The summed E-state index contributed by atoms with van der Waals surface area (Å²) in [7, 11) is 0. The molecule has 0 spiro atoms. The number of fused-ring (bicyclic) bond motifs is 2. The lowest BCUT2D eigenvalue weighted by Gasteiger charge is -2.34. The molecule has 18 nitrogen and oxygen atoms in total. The molecule has 18 heteroatoms. The number of rotatable bonds is 0. The van der Waals surface area contributed by atoms with Crippen molar-refractivity contribution in [3.63, 3.8) is 0 Å². The molecule has 0 aromatic heterocycles. The largest absolute Gasteiger partial charge is 0.473 e. The topological polar surface area (TPSA) is 317 Å². The van der Waals surface area contributed by atoms with Crippen LogP contribution in [0.2, 0.25) is 0 Å². The van der Waals surface area contributed by atoms with Gasteiger partial charge in [0.2, 0.25) is 0 Å². The highest BCUT2D eigenvalue weighted by Gasteiger charge is 2.23. The first-order valence-electron chi connectivity index (χ1n) is 13.1. The molecule has 4 aliphatic rings. The Hall–Kier alpha value is -3.42.